The maximum Gasteiger partial charge on any atom is 0.225 e. The smallest absolute Gasteiger partial charge is 0.225 e. The van der Waals surface area contributed by atoms with Crippen LogP contribution < -0.4 is 10.6 Å². The number of aromatic nitrogens is 3. The van der Waals surface area contributed by atoms with Crippen LogP contribution >= 0.6 is 0 Å². The minimum Gasteiger partial charge on any atom is -0.326 e. The summed E-state index contributed by atoms with van der Waals surface area (Å²) in [6.45, 7) is 6.90. The molecule has 6 heteroatoms. The van der Waals surface area contributed by atoms with Gasteiger partial charge >= 0.3 is 0 Å². The third-order valence-electron chi connectivity index (χ3n) is 5.13. The maximum atomic E-state index is 12.0. The molecular formula is C20H23N5O. The summed E-state index contributed by atoms with van der Waals surface area (Å²) in [6, 6.07) is 10.1. The number of para-hydroxylation sites is 1. The Morgan fingerprint density at radius 3 is 3.00 bits per heavy atom. The highest BCUT2D eigenvalue weighted by atomic mass is 16.1. The van der Waals surface area contributed by atoms with Crippen molar-refractivity contribution >= 4 is 17.2 Å². The predicted molar refractivity (Wildman–Crippen MR) is 101 cm³/mol. The third-order valence-corrected chi connectivity index (χ3v) is 5.13. The van der Waals surface area contributed by atoms with E-state index < -0.39 is 0 Å². The minimum atomic E-state index is 0.0782. The highest BCUT2D eigenvalue weighted by Crippen LogP contribution is 2.32. The first-order chi connectivity index (χ1) is 12.5. The van der Waals surface area contributed by atoms with Crippen LogP contribution in [0.1, 0.15) is 47.8 Å². The molecule has 0 bridgehead atoms. The lowest BCUT2D eigenvalue weighted by atomic mass is 9.90. The first-order valence-electron chi connectivity index (χ1n) is 8.97. The Bertz CT molecular complexity index is 977. The van der Waals surface area contributed by atoms with E-state index in [1.165, 1.54) is 5.56 Å². The summed E-state index contributed by atoms with van der Waals surface area (Å²) in [5, 5.41) is 11.1. The van der Waals surface area contributed by atoms with Gasteiger partial charge in [-0.2, -0.15) is 5.10 Å². The maximum absolute atomic E-state index is 12.0. The van der Waals surface area contributed by atoms with Crippen molar-refractivity contribution in [2.75, 3.05) is 11.9 Å². The van der Waals surface area contributed by atoms with Crippen molar-refractivity contribution < 1.29 is 4.79 Å². The fourth-order valence-electron chi connectivity index (χ4n) is 3.71. The van der Waals surface area contributed by atoms with Gasteiger partial charge in [0.25, 0.3) is 0 Å². The van der Waals surface area contributed by atoms with Gasteiger partial charge in [-0.15, -0.1) is 0 Å². The molecule has 2 unspecified atom stereocenters. The molecule has 134 valence electrons. The van der Waals surface area contributed by atoms with E-state index in [4.69, 9.17) is 0 Å². The molecule has 0 aliphatic carbocycles. The minimum absolute atomic E-state index is 0.0782. The number of hydrogen-bond donors (Lipinski definition) is 2. The number of carbonyl (C=O) groups is 1. The molecule has 2 N–H and O–H groups in total. The summed E-state index contributed by atoms with van der Waals surface area (Å²) in [5.74, 6) is 0.251. The second kappa shape index (κ2) is 6.53. The molecule has 0 saturated carbocycles. The van der Waals surface area contributed by atoms with Gasteiger partial charge in [0.1, 0.15) is 0 Å². The second-order valence-electron chi connectivity index (χ2n) is 7.02. The Hall–Kier alpha value is -2.73. The molecule has 0 spiro atoms. The molecule has 2 aromatic heterocycles. The molecule has 4 rings (SSSR count). The van der Waals surface area contributed by atoms with Crippen LogP contribution in [0.3, 0.4) is 0 Å². The Labute approximate surface area is 152 Å². The number of carbonyl (C=O) groups excluding carboxylic acids is 1. The van der Waals surface area contributed by atoms with Gasteiger partial charge in [0, 0.05) is 54.1 Å². The van der Waals surface area contributed by atoms with Crippen LogP contribution in [0.15, 0.2) is 36.5 Å². The number of fused-ring (bicyclic) bond motifs is 2. The number of nitrogens with one attached hydrogen (secondary N) is 2. The van der Waals surface area contributed by atoms with Crippen molar-refractivity contribution in [1.29, 1.82) is 0 Å². The van der Waals surface area contributed by atoms with Gasteiger partial charge in [0.05, 0.1) is 5.69 Å². The first kappa shape index (κ1) is 16.7. The van der Waals surface area contributed by atoms with E-state index in [0.29, 0.717) is 6.42 Å². The molecule has 2 atom stereocenters. The molecule has 0 fully saturated rings. The van der Waals surface area contributed by atoms with Crippen molar-refractivity contribution in [1.82, 2.24) is 19.9 Å². The van der Waals surface area contributed by atoms with Crippen LogP contribution in [0, 0.1) is 13.8 Å². The molecule has 1 aromatic carbocycles. The van der Waals surface area contributed by atoms with Gasteiger partial charge in [-0.1, -0.05) is 18.2 Å². The number of rotatable bonds is 4. The fourth-order valence-corrected chi connectivity index (χ4v) is 3.71. The van der Waals surface area contributed by atoms with Crippen molar-refractivity contribution in [2.24, 2.45) is 0 Å². The average molecular weight is 349 g/mol. The van der Waals surface area contributed by atoms with E-state index in [2.05, 4.69) is 40.6 Å². The molecule has 3 heterocycles. The summed E-state index contributed by atoms with van der Waals surface area (Å²) in [6.07, 6.45) is 2.43. The Morgan fingerprint density at radius 2 is 2.15 bits per heavy atom. The molecule has 1 aliphatic heterocycles. The number of nitrogens with zero attached hydrogens (tertiary/aromatic N) is 3. The molecule has 26 heavy (non-hydrogen) atoms. The number of anilines is 1. The van der Waals surface area contributed by atoms with E-state index in [1.807, 2.05) is 41.9 Å². The molecule has 0 radical (unpaired) electrons. The highest BCUT2D eigenvalue weighted by Gasteiger charge is 2.25. The molecule has 6 nitrogen and oxygen atoms in total. The zero-order valence-corrected chi connectivity index (χ0v) is 15.3. The van der Waals surface area contributed by atoms with Gasteiger partial charge in [-0.25, -0.2) is 9.50 Å². The van der Waals surface area contributed by atoms with Crippen LogP contribution in [0.5, 0.6) is 0 Å². The number of amides is 1. The number of hydrogen-bond acceptors (Lipinski definition) is 4. The molecular weight excluding hydrogens is 326 g/mol. The fraction of sp³-hybridized carbons (Fsp3) is 0.350. The van der Waals surface area contributed by atoms with Gasteiger partial charge < -0.3 is 10.6 Å². The zero-order chi connectivity index (χ0) is 18.3. The highest BCUT2D eigenvalue weighted by molar-refractivity contribution is 5.94. The third kappa shape index (κ3) is 2.97. The lowest BCUT2D eigenvalue weighted by Crippen LogP contribution is -2.31. The van der Waals surface area contributed by atoms with E-state index >= 15 is 0 Å². The topological polar surface area (TPSA) is 71.3 Å². The van der Waals surface area contributed by atoms with E-state index in [-0.39, 0.29) is 17.9 Å². The summed E-state index contributed by atoms with van der Waals surface area (Å²) >= 11 is 0. The van der Waals surface area contributed by atoms with Crippen molar-refractivity contribution in [2.45, 2.75) is 39.2 Å². The van der Waals surface area contributed by atoms with E-state index in [9.17, 15) is 4.79 Å². The van der Waals surface area contributed by atoms with Crippen molar-refractivity contribution in [3.63, 3.8) is 0 Å². The summed E-state index contributed by atoms with van der Waals surface area (Å²) in [4.78, 5) is 16.5. The quantitative estimate of drug-likeness (QED) is 0.759. The molecule has 0 saturated heterocycles. The normalized spacial score (nSPS) is 17.8. The first-order valence-corrected chi connectivity index (χ1v) is 8.97. The van der Waals surface area contributed by atoms with Crippen LogP contribution in [0.2, 0.25) is 0 Å². The predicted octanol–water partition coefficient (Wildman–Crippen LogP) is 3.12. The summed E-state index contributed by atoms with van der Waals surface area (Å²) in [7, 11) is 0. The zero-order valence-electron chi connectivity index (χ0n) is 15.3. The standard InChI is InChI=1S/C20H23N5O/c1-12-8-19-22-11-17(14(3)25(19)24-12)13(2)21-10-15-9-20(26)23-18-7-5-4-6-16(15)18/h4-8,11,13,15,21H,9-10H2,1-3H3,(H,23,26). The van der Waals surface area contributed by atoms with Crippen LogP contribution in [0.25, 0.3) is 5.65 Å². The van der Waals surface area contributed by atoms with Gasteiger partial charge in [0.15, 0.2) is 5.65 Å². The van der Waals surface area contributed by atoms with Crippen LogP contribution in [0.4, 0.5) is 5.69 Å². The Morgan fingerprint density at radius 1 is 1.35 bits per heavy atom. The Balaban J connectivity index is 1.53. The lowest BCUT2D eigenvalue weighted by molar-refractivity contribution is -0.116. The second-order valence-corrected chi connectivity index (χ2v) is 7.02. The van der Waals surface area contributed by atoms with Gasteiger partial charge in [-0.3, -0.25) is 4.79 Å². The number of benzene rings is 1. The largest absolute Gasteiger partial charge is 0.326 e. The van der Waals surface area contributed by atoms with Crippen molar-refractivity contribution in [3.8, 4) is 0 Å². The number of aryl methyl sites for hydroxylation is 2. The average Bonchev–Trinajstić information content (AvgIpc) is 3.01. The summed E-state index contributed by atoms with van der Waals surface area (Å²) < 4.78 is 1.90. The van der Waals surface area contributed by atoms with Crippen molar-refractivity contribution in [3.05, 3.63) is 59.0 Å². The van der Waals surface area contributed by atoms with E-state index in [0.717, 1.165) is 34.8 Å². The van der Waals surface area contributed by atoms with E-state index in [1.54, 1.807) is 0 Å². The Kier molecular flexibility index (Phi) is 4.20. The van der Waals surface area contributed by atoms with Crippen LogP contribution in [-0.4, -0.2) is 27.0 Å². The monoisotopic (exact) mass is 349 g/mol. The molecule has 3 aromatic rings. The molecule has 1 aliphatic rings. The lowest BCUT2D eigenvalue weighted by Gasteiger charge is -2.27. The summed E-state index contributed by atoms with van der Waals surface area (Å²) in [5.41, 5.74) is 6.16. The SMILES string of the molecule is Cc1cc2ncc(C(C)NCC3CC(=O)Nc4ccccc43)c(C)n2n1. The van der Waals surface area contributed by atoms with Gasteiger partial charge in [0.2, 0.25) is 5.91 Å². The van der Waals surface area contributed by atoms with Crippen LogP contribution in [-0.2, 0) is 4.79 Å². The molecule has 1 amide bonds. The van der Waals surface area contributed by atoms with Gasteiger partial charge in [-0.05, 0) is 32.4 Å².